The van der Waals surface area contributed by atoms with E-state index in [-0.39, 0.29) is 0 Å². The number of hydrogen-bond acceptors (Lipinski definition) is 4. The van der Waals surface area contributed by atoms with Crippen LogP contribution in [-0.2, 0) is 6.42 Å². The van der Waals surface area contributed by atoms with Gasteiger partial charge in [0.05, 0.1) is 25.1 Å². The Labute approximate surface area is 135 Å². The zero-order chi connectivity index (χ0) is 16.4. The number of nitrogens with two attached hydrogens (primary N) is 1. The lowest BCUT2D eigenvalue weighted by Crippen LogP contribution is -1.97. The average molecular weight is 311 g/mol. The Balaban J connectivity index is 1.91. The van der Waals surface area contributed by atoms with Crippen molar-refractivity contribution in [2.24, 2.45) is 0 Å². The van der Waals surface area contributed by atoms with Crippen LogP contribution >= 0.6 is 0 Å². The number of fused-ring (bicyclic) bond motifs is 1. The zero-order valence-corrected chi connectivity index (χ0v) is 13.7. The summed E-state index contributed by atoms with van der Waals surface area (Å²) in [5, 5.41) is 0. The molecule has 0 saturated carbocycles. The van der Waals surface area contributed by atoms with E-state index in [1.54, 1.807) is 7.11 Å². The van der Waals surface area contributed by atoms with Crippen molar-refractivity contribution in [2.45, 2.75) is 20.3 Å². The van der Waals surface area contributed by atoms with Gasteiger partial charge in [0.25, 0.3) is 0 Å². The van der Waals surface area contributed by atoms with Crippen LogP contribution in [0, 0.1) is 6.92 Å². The molecule has 0 aliphatic carbocycles. The molecule has 0 atom stereocenters. The van der Waals surface area contributed by atoms with Crippen LogP contribution in [0.3, 0.4) is 0 Å². The summed E-state index contributed by atoms with van der Waals surface area (Å²) in [7, 11) is 1.65. The van der Waals surface area contributed by atoms with E-state index in [0.29, 0.717) is 6.61 Å². The fraction of sp³-hybridized carbons (Fsp3) is 0.278. The van der Waals surface area contributed by atoms with Crippen LogP contribution in [0.5, 0.6) is 11.5 Å². The Morgan fingerprint density at radius 3 is 2.74 bits per heavy atom. The normalized spacial score (nSPS) is 10.9. The van der Waals surface area contributed by atoms with Gasteiger partial charge in [-0.15, -0.1) is 0 Å². The van der Waals surface area contributed by atoms with E-state index in [9.17, 15) is 0 Å². The van der Waals surface area contributed by atoms with Crippen LogP contribution in [0.15, 0.2) is 36.5 Å². The number of nitrogens with zero attached hydrogens (tertiary/aromatic N) is 2. The number of rotatable bonds is 5. The minimum atomic E-state index is 0.614. The van der Waals surface area contributed by atoms with Crippen molar-refractivity contribution in [3.63, 3.8) is 0 Å². The highest BCUT2D eigenvalue weighted by atomic mass is 16.5. The van der Waals surface area contributed by atoms with Crippen molar-refractivity contribution in [3.8, 4) is 11.5 Å². The Hall–Kier alpha value is -2.69. The van der Waals surface area contributed by atoms with Crippen molar-refractivity contribution >= 4 is 11.3 Å². The minimum Gasteiger partial charge on any atom is -0.493 e. The van der Waals surface area contributed by atoms with Gasteiger partial charge in [0, 0.05) is 18.3 Å². The molecule has 0 aliphatic rings. The Morgan fingerprint density at radius 1 is 1.17 bits per heavy atom. The molecule has 1 aromatic carbocycles. The minimum absolute atomic E-state index is 0.614. The summed E-state index contributed by atoms with van der Waals surface area (Å²) in [4.78, 5) is 4.66. The predicted octanol–water partition coefficient (Wildman–Crippen LogP) is 3.22. The van der Waals surface area contributed by atoms with Gasteiger partial charge in [-0.05, 0) is 43.7 Å². The number of aromatic nitrogens is 2. The number of imidazole rings is 1. The van der Waals surface area contributed by atoms with Crippen molar-refractivity contribution in [3.05, 3.63) is 53.5 Å². The Kier molecular flexibility index (Phi) is 4.10. The van der Waals surface area contributed by atoms with E-state index >= 15 is 0 Å². The molecule has 0 spiro atoms. The topological polar surface area (TPSA) is 61.8 Å². The third-order valence-corrected chi connectivity index (χ3v) is 3.89. The molecule has 5 nitrogen and oxygen atoms in total. The summed E-state index contributed by atoms with van der Waals surface area (Å²) in [6, 6.07) is 9.80. The maximum Gasteiger partial charge on any atom is 0.161 e. The third-order valence-electron chi connectivity index (χ3n) is 3.89. The molecule has 2 aromatic heterocycles. The summed E-state index contributed by atoms with van der Waals surface area (Å²) in [5.41, 5.74) is 10.7. The van der Waals surface area contributed by atoms with Gasteiger partial charge in [-0.1, -0.05) is 6.07 Å². The van der Waals surface area contributed by atoms with Gasteiger partial charge in [0.2, 0.25) is 0 Å². The first-order chi connectivity index (χ1) is 11.1. The highest BCUT2D eigenvalue weighted by Crippen LogP contribution is 2.29. The first-order valence-electron chi connectivity index (χ1n) is 7.65. The van der Waals surface area contributed by atoms with Crippen LogP contribution in [0.25, 0.3) is 5.65 Å². The summed E-state index contributed by atoms with van der Waals surface area (Å²) in [6.07, 6.45) is 2.76. The number of ether oxygens (including phenoxy) is 2. The summed E-state index contributed by atoms with van der Waals surface area (Å²) < 4.78 is 13.0. The first-order valence-corrected chi connectivity index (χ1v) is 7.65. The molecule has 2 N–H and O–H groups in total. The molecule has 0 amide bonds. The second kappa shape index (κ2) is 6.20. The van der Waals surface area contributed by atoms with Gasteiger partial charge < -0.3 is 19.6 Å². The third kappa shape index (κ3) is 2.95. The maximum absolute atomic E-state index is 5.95. The fourth-order valence-corrected chi connectivity index (χ4v) is 2.65. The monoisotopic (exact) mass is 311 g/mol. The molecular weight excluding hydrogens is 290 g/mol. The number of anilines is 1. The largest absolute Gasteiger partial charge is 0.493 e. The molecule has 5 heteroatoms. The molecule has 23 heavy (non-hydrogen) atoms. The average Bonchev–Trinajstić information content (AvgIpc) is 2.96. The second-order valence-electron chi connectivity index (χ2n) is 5.43. The number of methoxy groups -OCH3 is 1. The lowest BCUT2D eigenvalue weighted by Gasteiger charge is -2.10. The summed E-state index contributed by atoms with van der Waals surface area (Å²) >= 11 is 0. The molecule has 3 aromatic rings. The summed E-state index contributed by atoms with van der Waals surface area (Å²) in [5.74, 6) is 1.51. The van der Waals surface area contributed by atoms with E-state index < -0.39 is 0 Å². The van der Waals surface area contributed by atoms with Crippen molar-refractivity contribution in [2.75, 3.05) is 19.5 Å². The Bertz CT molecular complexity index is 840. The molecule has 0 radical (unpaired) electrons. The van der Waals surface area contributed by atoms with E-state index in [0.717, 1.165) is 46.2 Å². The number of hydrogen-bond donors (Lipinski definition) is 1. The van der Waals surface area contributed by atoms with Gasteiger partial charge in [-0.25, -0.2) is 4.98 Å². The first kappa shape index (κ1) is 15.2. The molecule has 0 unspecified atom stereocenters. The standard InChI is InChI=1S/C18H21N3O2/c1-4-23-16-7-5-13(10-17(16)22-3)9-14-11-21-12(2)15(19)6-8-18(21)20-14/h5-8,10-11H,4,9,19H2,1-3H3. The lowest BCUT2D eigenvalue weighted by atomic mass is 10.1. The van der Waals surface area contributed by atoms with E-state index in [2.05, 4.69) is 4.98 Å². The van der Waals surface area contributed by atoms with Crippen molar-refractivity contribution in [1.29, 1.82) is 0 Å². The fourth-order valence-electron chi connectivity index (χ4n) is 2.65. The second-order valence-corrected chi connectivity index (χ2v) is 5.43. The van der Waals surface area contributed by atoms with Crippen LogP contribution in [-0.4, -0.2) is 23.1 Å². The molecule has 3 rings (SSSR count). The molecule has 0 bridgehead atoms. The molecule has 2 heterocycles. The quantitative estimate of drug-likeness (QED) is 0.786. The van der Waals surface area contributed by atoms with Gasteiger partial charge in [0.1, 0.15) is 5.65 Å². The van der Waals surface area contributed by atoms with Crippen LogP contribution in [0.4, 0.5) is 5.69 Å². The smallest absolute Gasteiger partial charge is 0.161 e. The molecule has 0 aliphatic heterocycles. The SMILES string of the molecule is CCOc1ccc(Cc2cn3c(C)c(N)ccc3n2)cc1OC. The Morgan fingerprint density at radius 2 is 2.00 bits per heavy atom. The van der Waals surface area contributed by atoms with Gasteiger partial charge in [-0.2, -0.15) is 0 Å². The highest BCUT2D eigenvalue weighted by molar-refractivity contribution is 5.53. The maximum atomic E-state index is 5.95. The van der Waals surface area contributed by atoms with E-state index in [1.165, 1.54) is 0 Å². The van der Waals surface area contributed by atoms with Crippen molar-refractivity contribution in [1.82, 2.24) is 9.38 Å². The molecule has 0 fully saturated rings. The van der Waals surface area contributed by atoms with Crippen molar-refractivity contribution < 1.29 is 9.47 Å². The molecule has 0 saturated heterocycles. The molecular formula is C18H21N3O2. The highest BCUT2D eigenvalue weighted by Gasteiger charge is 2.09. The van der Waals surface area contributed by atoms with E-state index in [1.807, 2.05) is 54.8 Å². The van der Waals surface area contributed by atoms with Gasteiger partial charge in [0.15, 0.2) is 11.5 Å². The number of nitrogen functional groups attached to an aromatic ring is 1. The lowest BCUT2D eigenvalue weighted by molar-refractivity contribution is 0.310. The van der Waals surface area contributed by atoms with Crippen LogP contribution < -0.4 is 15.2 Å². The van der Waals surface area contributed by atoms with Crippen LogP contribution in [0.1, 0.15) is 23.9 Å². The number of aryl methyl sites for hydroxylation is 1. The zero-order valence-electron chi connectivity index (χ0n) is 13.7. The van der Waals surface area contributed by atoms with E-state index in [4.69, 9.17) is 15.2 Å². The van der Waals surface area contributed by atoms with Crippen LogP contribution in [0.2, 0.25) is 0 Å². The summed E-state index contributed by atoms with van der Waals surface area (Å²) in [6.45, 7) is 4.56. The number of benzene rings is 1. The predicted molar refractivity (Wildman–Crippen MR) is 91.3 cm³/mol. The number of pyridine rings is 1. The van der Waals surface area contributed by atoms with Gasteiger partial charge >= 0.3 is 0 Å². The molecule has 120 valence electrons. The van der Waals surface area contributed by atoms with Gasteiger partial charge in [-0.3, -0.25) is 0 Å².